The Labute approximate surface area is 111 Å². The molecule has 0 aromatic heterocycles. The highest BCUT2D eigenvalue weighted by Crippen LogP contribution is 2.25. The Morgan fingerprint density at radius 1 is 0.947 bits per heavy atom. The Hall–Kier alpha value is -1.74. The van der Waals surface area contributed by atoms with Gasteiger partial charge in [0.2, 0.25) is 0 Å². The van der Waals surface area contributed by atoms with Gasteiger partial charge in [-0.2, -0.15) is 0 Å². The van der Waals surface area contributed by atoms with Crippen molar-refractivity contribution in [2.24, 2.45) is 0 Å². The molecule has 0 radical (unpaired) electrons. The molecule has 0 saturated heterocycles. The maximum atomic E-state index is 13.9. The van der Waals surface area contributed by atoms with Gasteiger partial charge in [-0.05, 0) is 36.1 Å². The van der Waals surface area contributed by atoms with Crippen molar-refractivity contribution in [1.29, 1.82) is 0 Å². The molecule has 2 aromatic carbocycles. The van der Waals surface area contributed by atoms with Gasteiger partial charge in [-0.3, -0.25) is 0 Å². The molecule has 0 unspecified atom stereocenters. The Balaban J connectivity index is 2.26. The summed E-state index contributed by atoms with van der Waals surface area (Å²) in [4.78, 5) is 0. The van der Waals surface area contributed by atoms with E-state index >= 15 is 0 Å². The Kier molecular flexibility index (Phi) is 4.63. The van der Waals surface area contributed by atoms with Crippen LogP contribution < -0.4 is 0 Å². The van der Waals surface area contributed by atoms with Crippen LogP contribution >= 0.6 is 0 Å². The van der Waals surface area contributed by atoms with Gasteiger partial charge >= 0.3 is 0 Å². The molecule has 0 aliphatic heterocycles. The van der Waals surface area contributed by atoms with E-state index in [0.29, 0.717) is 25.0 Å². The van der Waals surface area contributed by atoms with Gasteiger partial charge in [-0.15, -0.1) is 0 Å². The molecule has 19 heavy (non-hydrogen) atoms. The molecular formula is C16H16F2O. The average Bonchev–Trinajstić information content (AvgIpc) is 2.43. The summed E-state index contributed by atoms with van der Waals surface area (Å²) >= 11 is 0. The minimum atomic E-state index is -0.491. The number of ether oxygens (including phenoxy) is 1. The summed E-state index contributed by atoms with van der Waals surface area (Å²) in [6.07, 6.45) is 0.954. The maximum absolute atomic E-state index is 13.9. The molecule has 0 bridgehead atoms. The molecule has 0 N–H and O–H groups in total. The van der Waals surface area contributed by atoms with E-state index in [4.69, 9.17) is 4.74 Å². The molecule has 0 heterocycles. The summed E-state index contributed by atoms with van der Waals surface area (Å²) in [5.41, 5.74) is 1.51. The summed E-state index contributed by atoms with van der Waals surface area (Å²) in [5.74, 6) is -0.982. The number of methoxy groups -OCH3 is 1. The highest BCUT2D eigenvalue weighted by atomic mass is 19.1. The van der Waals surface area contributed by atoms with Crippen molar-refractivity contribution >= 4 is 0 Å². The monoisotopic (exact) mass is 262 g/mol. The molecule has 0 aliphatic carbocycles. The lowest BCUT2D eigenvalue weighted by molar-refractivity contribution is 0.194. The zero-order chi connectivity index (χ0) is 13.7. The molecule has 3 heteroatoms. The van der Waals surface area contributed by atoms with Crippen molar-refractivity contribution in [3.05, 3.63) is 59.7 Å². The van der Waals surface area contributed by atoms with Crippen LogP contribution in [0.25, 0.3) is 11.1 Å². The predicted octanol–water partition coefficient (Wildman–Crippen LogP) is 4.21. The Morgan fingerprint density at radius 2 is 1.58 bits per heavy atom. The molecule has 0 aliphatic rings. The van der Waals surface area contributed by atoms with Crippen LogP contribution in [-0.2, 0) is 11.2 Å². The number of benzene rings is 2. The summed E-state index contributed by atoms with van der Waals surface area (Å²) in [5, 5.41) is 0. The van der Waals surface area contributed by atoms with Gasteiger partial charge in [0.15, 0.2) is 0 Å². The smallest absolute Gasteiger partial charge is 0.129 e. The topological polar surface area (TPSA) is 9.23 Å². The summed E-state index contributed by atoms with van der Waals surface area (Å²) < 4.78 is 32.8. The SMILES string of the molecule is COCCCc1c(F)cc(-c2ccccc2)cc1F. The van der Waals surface area contributed by atoms with Gasteiger partial charge < -0.3 is 4.74 Å². The molecule has 2 aromatic rings. The van der Waals surface area contributed by atoms with E-state index in [1.165, 1.54) is 12.1 Å². The van der Waals surface area contributed by atoms with Crippen LogP contribution in [0.4, 0.5) is 8.78 Å². The Bertz CT molecular complexity index is 515. The van der Waals surface area contributed by atoms with Crippen molar-refractivity contribution < 1.29 is 13.5 Å². The lowest BCUT2D eigenvalue weighted by atomic mass is 10.0. The average molecular weight is 262 g/mol. The van der Waals surface area contributed by atoms with Crippen molar-refractivity contribution in [3.8, 4) is 11.1 Å². The Morgan fingerprint density at radius 3 is 2.16 bits per heavy atom. The summed E-state index contributed by atoms with van der Waals surface area (Å²) in [6, 6.07) is 12.0. The maximum Gasteiger partial charge on any atom is 0.129 e. The van der Waals surface area contributed by atoms with E-state index in [1.807, 2.05) is 30.3 Å². The fourth-order valence-corrected chi connectivity index (χ4v) is 2.03. The number of hydrogen-bond acceptors (Lipinski definition) is 1. The standard InChI is InChI=1S/C16H16F2O/c1-19-9-5-8-14-15(17)10-13(11-16(14)18)12-6-3-2-4-7-12/h2-4,6-7,10-11H,5,8-9H2,1H3. The van der Waals surface area contributed by atoms with Gasteiger partial charge in [-0.1, -0.05) is 30.3 Å². The van der Waals surface area contributed by atoms with Crippen LogP contribution in [0.3, 0.4) is 0 Å². The van der Waals surface area contributed by atoms with E-state index in [2.05, 4.69) is 0 Å². The van der Waals surface area contributed by atoms with Crippen LogP contribution in [-0.4, -0.2) is 13.7 Å². The van der Waals surface area contributed by atoms with Crippen LogP contribution in [0.2, 0.25) is 0 Å². The zero-order valence-corrected chi connectivity index (χ0v) is 10.8. The van der Waals surface area contributed by atoms with Crippen LogP contribution in [0.5, 0.6) is 0 Å². The molecule has 0 atom stereocenters. The number of rotatable bonds is 5. The largest absolute Gasteiger partial charge is 0.385 e. The van der Waals surface area contributed by atoms with E-state index in [0.717, 1.165) is 5.56 Å². The predicted molar refractivity (Wildman–Crippen MR) is 72.0 cm³/mol. The first-order valence-corrected chi connectivity index (χ1v) is 6.24. The second kappa shape index (κ2) is 6.43. The molecule has 0 saturated carbocycles. The highest BCUT2D eigenvalue weighted by Gasteiger charge is 2.11. The summed E-state index contributed by atoms with van der Waals surface area (Å²) in [7, 11) is 1.57. The molecule has 2 rings (SSSR count). The van der Waals surface area contributed by atoms with E-state index < -0.39 is 11.6 Å². The highest BCUT2D eigenvalue weighted by molar-refractivity contribution is 5.63. The van der Waals surface area contributed by atoms with Gasteiger partial charge in [0.05, 0.1) is 0 Å². The third-order valence-corrected chi connectivity index (χ3v) is 3.02. The van der Waals surface area contributed by atoms with E-state index in [1.54, 1.807) is 7.11 Å². The van der Waals surface area contributed by atoms with Crippen LogP contribution in [0.1, 0.15) is 12.0 Å². The first kappa shape index (κ1) is 13.7. The fraction of sp³-hybridized carbons (Fsp3) is 0.250. The van der Waals surface area contributed by atoms with Gasteiger partial charge in [0, 0.05) is 19.3 Å². The van der Waals surface area contributed by atoms with Crippen LogP contribution in [0, 0.1) is 11.6 Å². The fourth-order valence-electron chi connectivity index (χ4n) is 2.03. The second-order valence-electron chi connectivity index (χ2n) is 4.38. The van der Waals surface area contributed by atoms with E-state index in [9.17, 15) is 8.78 Å². The zero-order valence-electron chi connectivity index (χ0n) is 10.8. The molecule has 0 amide bonds. The van der Waals surface area contributed by atoms with Gasteiger partial charge in [0.25, 0.3) is 0 Å². The van der Waals surface area contributed by atoms with Crippen LogP contribution in [0.15, 0.2) is 42.5 Å². The van der Waals surface area contributed by atoms with Crippen molar-refractivity contribution in [2.75, 3.05) is 13.7 Å². The number of halogens is 2. The lowest BCUT2D eigenvalue weighted by Gasteiger charge is -2.08. The minimum absolute atomic E-state index is 0.136. The molecule has 0 spiro atoms. The third kappa shape index (κ3) is 3.38. The first-order chi connectivity index (χ1) is 9.22. The normalized spacial score (nSPS) is 10.7. The lowest BCUT2D eigenvalue weighted by Crippen LogP contribution is -2.00. The number of hydrogen-bond donors (Lipinski definition) is 0. The molecular weight excluding hydrogens is 246 g/mol. The molecule has 100 valence electrons. The minimum Gasteiger partial charge on any atom is -0.385 e. The van der Waals surface area contributed by atoms with Gasteiger partial charge in [-0.25, -0.2) is 8.78 Å². The van der Waals surface area contributed by atoms with Crippen molar-refractivity contribution in [3.63, 3.8) is 0 Å². The quantitative estimate of drug-likeness (QED) is 0.733. The second-order valence-corrected chi connectivity index (χ2v) is 4.38. The third-order valence-electron chi connectivity index (χ3n) is 3.02. The van der Waals surface area contributed by atoms with Crippen molar-refractivity contribution in [2.45, 2.75) is 12.8 Å². The molecule has 1 nitrogen and oxygen atoms in total. The van der Waals surface area contributed by atoms with Crippen molar-refractivity contribution in [1.82, 2.24) is 0 Å². The molecule has 0 fully saturated rings. The van der Waals surface area contributed by atoms with Gasteiger partial charge in [0.1, 0.15) is 11.6 Å². The summed E-state index contributed by atoms with van der Waals surface area (Å²) in [6.45, 7) is 0.499. The first-order valence-electron chi connectivity index (χ1n) is 6.24. The van der Waals surface area contributed by atoms with E-state index in [-0.39, 0.29) is 5.56 Å².